The zero-order valence-corrected chi connectivity index (χ0v) is 10.7. The van der Waals surface area contributed by atoms with Crippen LogP contribution in [0.4, 0.5) is 0 Å². The average Bonchev–Trinajstić information content (AvgIpc) is 2.67. The molecule has 0 atom stereocenters. The minimum atomic E-state index is -3.30. The number of hydrogen-bond donors (Lipinski definition) is 0. The minimum Gasteiger partial charge on any atom is -0.270 e. The summed E-state index contributed by atoms with van der Waals surface area (Å²) in [5.74, 6) is 0. The van der Waals surface area contributed by atoms with Crippen LogP contribution < -0.4 is 0 Å². The second-order valence-electron chi connectivity index (χ2n) is 4.22. The molecule has 0 unspecified atom stereocenters. The van der Waals surface area contributed by atoms with Gasteiger partial charge in [0.2, 0.25) is 0 Å². The maximum Gasteiger partial charge on any atom is 0.264 e. The van der Waals surface area contributed by atoms with Gasteiger partial charge in [-0.05, 0) is 36.0 Å². The van der Waals surface area contributed by atoms with Gasteiger partial charge in [-0.25, -0.2) is 0 Å². The van der Waals surface area contributed by atoms with Gasteiger partial charge in [0.25, 0.3) is 10.1 Å². The molecule has 92 valence electrons. The molecule has 17 heavy (non-hydrogen) atoms. The Hall–Kier alpha value is -1.13. The van der Waals surface area contributed by atoms with Gasteiger partial charge in [-0.3, -0.25) is 4.18 Å². The molecule has 1 aliphatic rings. The number of fused-ring (bicyclic) bond motifs is 1. The molecule has 4 heteroatoms. The van der Waals surface area contributed by atoms with Gasteiger partial charge in [0.05, 0.1) is 12.9 Å². The Morgan fingerprint density at radius 1 is 1.29 bits per heavy atom. The Labute approximate surface area is 102 Å². The van der Waals surface area contributed by atoms with Gasteiger partial charge in [-0.1, -0.05) is 30.3 Å². The second-order valence-corrected chi connectivity index (χ2v) is 5.86. The molecular formula is C13H16O3S. The van der Waals surface area contributed by atoms with Crippen molar-refractivity contribution in [2.24, 2.45) is 0 Å². The molecule has 0 saturated carbocycles. The van der Waals surface area contributed by atoms with Gasteiger partial charge in [0, 0.05) is 0 Å². The maximum absolute atomic E-state index is 10.8. The van der Waals surface area contributed by atoms with E-state index in [1.165, 1.54) is 16.7 Å². The van der Waals surface area contributed by atoms with Crippen molar-refractivity contribution in [3.05, 3.63) is 41.5 Å². The van der Waals surface area contributed by atoms with E-state index in [0.29, 0.717) is 0 Å². The molecule has 0 spiro atoms. The Balaban J connectivity index is 1.86. The quantitative estimate of drug-likeness (QED) is 0.597. The van der Waals surface area contributed by atoms with E-state index in [1.54, 1.807) is 0 Å². The molecule has 0 heterocycles. The smallest absolute Gasteiger partial charge is 0.264 e. The number of rotatable bonds is 5. The number of hydrogen-bond acceptors (Lipinski definition) is 3. The van der Waals surface area contributed by atoms with Crippen LogP contribution in [0, 0.1) is 0 Å². The van der Waals surface area contributed by atoms with Crippen LogP contribution in [0.25, 0.3) is 5.57 Å². The molecule has 1 aliphatic carbocycles. The van der Waals surface area contributed by atoms with E-state index in [1.807, 2.05) is 12.1 Å². The molecule has 0 radical (unpaired) electrons. The van der Waals surface area contributed by atoms with Crippen molar-refractivity contribution in [2.75, 3.05) is 12.9 Å². The average molecular weight is 252 g/mol. The van der Waals surface area contributed by atoms with Crippen molar-refractivity contribution < 1.29 is 12.6 Å². The Kier molecular flexibility index (Phi) is 3.64. The van der Waals surface area contributed by atoms with Crippen LogP contribution in [-0.2, 0) is 20.7 Å². The standard InChI is InChI=1S/C13H16O3S/c1-17(14,15)16-10-4-6-12-9-8-11-5-2-3-7-13(11)12/h2-3,5,7,9H,4,6,8,10H2,1H3. The molecule has 0 saturated heterocycles. The number of allylic oxidation sites excluding steroid dienone is 2. The van der Waals surface area contributed by atoms with Crippen molar-refractivity contribution in [1.29, 1.82) is 0 Å². The van der Waals surface area contributed by atoms with Crippen LogP contribution in [0.5, 0.6) is 0 Å². The predicted octanol–water partition coefficient (Wildman–Crippen LogP) is 2.38. The van der Waals surface area contributed by atoms with Crippen molar-refractivity contribution >= 4 is 15.7 Å². The summed E-state index contributed by atoms with van der Waals surface area (Å²) in [6.45, 7) is 0.262. The highest BCUT2D eigenvalue weighted by molar-refractivity contribution is 7.85. The largest absolute Gasteiger partial charge is 0.270 e. The summed E-state index contributed by atoms with van der Waals surface area (Å²) in [4.78, 5) is 0. The summed E-state index contributed by atoms with van der Waals surface area (Å²) in [6.07, 6.45) is 5.88. The molecule has 0 bridgehead atoms. The highest BCUT2D eigenvalue weighted by Gasteiger charge is 2.12. The lowest BCUT2D eigenvalue weighted by Crippen LogP contribution is -2.04. The van der Waals surface area contributed by atoms with E-state index in [2.05, 4.69) is 18.2 Å². The van der Waals surface area contributed by atoms with E-state index in [9.17, 15) is 8.42 Å². The van der Waals surface area contributed by atoms with Gasteiger partial charge in [0.15, 0.2) is 0 Å². The Morgan fingerprint density at radius 2 is 2.06 bits per heavy atom. The first kappa shape index (κ1) is 12.3. The van der Waals surface area contributed by atoms with Crippen LogP contribution >= 0.6 is 0 Å². The Bertz CT molecular complexity index is 529. The minimum absolute atomic E-state index is 0.262. The molecule has 0 aliphatic heterocycles. The third kappa shape index (κ3) is 3.41. The Morgan fingerprint density at radius 3 is 2.82 bits per heavy atom. The second kappa shape index (κ2) is 5.02. The summed E-state index contributed by atoms with van der Waals surface area (Å²) in [7, 11) is -3.30. The van der Waals surface area contributed by atoms with Crippen molar-refractivity contribution in [1.82, 2.24) is 0 Å². The lowest BCUT2D eigenvalue weighted by Gasteiger charge is -2.05. The molecule has 2 rings (SSSR count). The van der Waals surface area contributed by atoms with Crippen LogP contribution in [0.1, 0.15) is 24.0 Å². The zero-order valence-electron chi connectivity index (χ0n) is 9.85. The highest BCUT2D eigenvalue weighted by atomic mass is 32.2. The molecule has 3 nitrogen and oxygen atoms in total. The zero-order chi connectivity index (χ0) is 12.3. The topological polar surface area (TPSA) is 43.4 Å². The molecule has 1 aromatic rings. The van der Waals surface area contributed by atoms with Crippen molar-refractivity contribution in [2.45, 2.75) is 19.3 Å². The predicted molar refractivity (Wildman–Crippen MR) is 68.2 cm³/mol. The summed E-state index contributed by atoms with van der Waals surface area (Å²) in [5.41, 5.74) is 3.95. The summed E-state index contributed by atoms with van der Waals surface area (Å²) < 4.78 is 26.3. The van der Waals surface area contributed by atoms with Gasteiger partial charge in [0.1, 0.15) is 0 Å². The fourth-order valence-electron chi connectivity index (χ4n) is 2.06. The molecule has 0 aromatic heterocycles. The van der Waals surface area contributed by atoms with Crippen LogP contribution in [0.3, 0.4) is 0 Å². The third-order valence-corrected chi connectivity index (χ3v) is 3.41. The van der Waals surface area contributed by atoms with E-state index < -0.39 is 10.1 Å². The fraction of sp³-hybridized carbons (Fsp3) is 0.385. The van der Waals surface area contributed by atoms with Gasteiger partial charge >= 0.3 is 0 Å². The first-order valence-corrected chi connectivity index (χ1v) is 7.49. The first-order chi connectivity index (χ1) is 8.06. The van der Waals surface area contributed by atoms with E-state index >= 15 is 0 Å². The molecule has 1 aromatic carbocycles. The van der Waals surface area contributed by atoms with E-state index in [-0.39, 0.29) is 6.61 Å². The van der Waals surface area contributed by atoms with Gasteiger partial charge in [-0.2, -0.15) is 8.42 Å². The molecule has 0 amide bonds. The van der Waals surface area contributed by atoms with Crippen LogP contribution in [0.15, 0.2) is 30.3 Å². The summed E-state index contributed by atoms with van der Waals surface area (Å²) in [5, 5.41) is 0. The molecular weight excluding hydrogens is 236 g/mol. The third-order valence-electron chi connectivity index (χ3n) is 2.82. The maximum atomic E-state index is 10.8. The van der Waals surface area contributed by atoms with E-state index in [4.69, 9.17) is 4.18 Å². The number of benzene rings is 1. The lowest BCUT2D eigenvalue weighted by atomic mass is 10.0. The first-order valence-electron chi connectivity index (χ1n) is 5.68. The molecule has 0 fully saturated rings. The van der Waals surface area contributed by atoms with Gasteiger partial charge in [-0.15, -0.1) is 0 Å². The lowest BCUT2D eigenvalue weighted by molar-refractivity contribution is 0.317. The summed E-state index contributed by atoms with van der Waals surface area (Å²) >= 11 is 0. The summed E-state index contributed by atoms with van der Waals surface area (Å²) in [6, 6.07) is 8.32. The van der Waals surface area contributed by atoms with Crippen molar-refractivity contribution in [3.63, 3.8) is 0 Å². The van der Waals surface area contributed by atoms with Crippen LogP contribution in [0.2, 0.25) is 0 Å². The highest BCUT2D eigenvalue weighted by Crippen LogP contribution is 2.30. The van der Waals surface area contributed by atoms with E-state index in [0.717, 1.165) is 25.5 Å². The molecule has 0 N–H and O–H groups in total. The SMILES string of the molecule is CS(=O)(=O)OCCCC1=CCc2ccccc21. The van der Waals surface area contributed by atoms with Crippen molar-refractivity contribution in [3.8, 4) is 0 Å². The fourth-order valence-corrected chi connectivity index (χ4v) is 2.48. The van der Waals surface area contributed by atoms with Crippen LogP contribution in [-0.4, -0.2) is 21.3 Å². The normalized spacial score (nSPS) is 14.5. The van der Waals surface area contributed by atoms with Gasteiger partial charge < -0.3 is 0 Å². The monoisotopic (exact) mass is 252 g/mol.